The molecule has 0 heterocycles. The van der Waals surface area contributed by atoms with Gasteiger partial charge in [0.1, 0.15) is 6.04 Å². The average molecular weight is 243 g/mol. The summed E-state index contributed by atoms with van der Waals surface area (Å²) < 4.78 is 0. The first kappa shape index (κ1) is 13.5. The molecule has 1 rings (SSSR count). The van der Waals surface area contributed by atoms with Crippen molar-refractivity contribution in [2.75, 3.05) is 0 Å². The Morgan fingerprint density at radius 3 is 2.29 bits per heavy atom. The summed E-state index contributed by atoms with van der Waals surface area (Å²) >= 11 is 0. The van der Waals surface area contributed by atoms with Gasteiger partial charge in [-0.15, -0.1) is 0 Å². The maximum atomic E-state index is 11.7. The number of carbonyl (C=O) groups is 3. The molecule has 1 aliphatic carbocycles. The van der Waals surface area contributed by atoms with Gasteiger partial charge in [0.2, 0.25) is 5.91 Å². The van der Waals surface area contributed by atoms with Crippen LogP contribution in [0.2, 0.25) is 0 Å². The highest BCUT2D eigenvalue weighted by atomic mass is 16.4. The minimum atomic E-state index is -1.19. The second-order valence-corrected chi connectivity index (χ2v) is 4.46. The van der Waals surface area contributed by atoms with E-state index in [0.29, 0.717) is 5.92 Å². The number of carboxylic acid groups (broad SMARTS) is 2. The minimum Gasteiger partial charge on any atom is -0.481 e. The summed E-state index contributed by atoms with van der Waals surface area (Å²) in [4.78, 5) is 32.9. The molecule has 3 N–H and O–H groups in total. The summed E-state index contributed by atoms with van der Waals surface area (Å²) in [7, 11) is 0. The van der Waals surface area contributed by atoms with E-state index in [0.717, 1.165) is 12.8 Å². The van der Waals surface area contributed by atoms with Crippen molar-refractivity contribution >= 4 is 17.8 Å². The van der Waals surface area contributed by atoms with Crippen molar-refractivity contribution in [1.82, 2.24) is 5.32 Å². The number of carboxylic acids is 2. The highest BCUT2D eigenvalue weighted by Gasteiger charge is 2.34. The lowest BCUT2D eigenvalue weighted by atomic mass is 10.0. The third-order valence-corrected chi connectivity index (χ3v) is 3.00. The summed E-state index contributed by atoms with van der Waals surface area (Å²) in [5.74, 6) is -2.40. The molecular formula is C11H17NO5. The first-order chi connectivity index (χ1) is 7.91. The van der Waals surface area contributed by atoms with Crippen LogP contribution in [0.5, 0.6) is 0 Å². The molecule has 0 aliphatic heterocycles. The van der Waals surface area contributed by atoms with Crippen molar-refractivity contribution < 1.29 is 24.6 Å². The van der Waals surface area contributed by atoms with E-state index >= 15 is 0 Å². The van der Waals surface area contributed by atoms with E-state index < -0.39 is 18.0 Å². The van der Waals surface area contributed by atoms with Crippen molar-refractivity contribution in [1.29, 1.82) is 0 Å². The van der Waals surface area contributed by atoms with Crippen LogP contribution >= 0.6 is 0 Å². The normalized spacial score (nSPS) is 18.2. The van der Waals surface area contributed by atoms with Crippen molar-refractivity contribution in [2.45, 2.75) is 38.6 Å². The Bertz CT molecular complexity index is 324. The fourth-order valence-electron chi connectivity index (χ4n) is 1.64. The zero-order chi connectivity index (χ0) is 13.0. The van der Waals surface area contributed by atoms with Crippen LogP contribution in [-0.2, 0) is 14.4 Å². The second-order valence-electron chi connectivity index (χ2n) is 4.46. The van der Waals surface area contributed by atoms with Crippen LogP contribution in [0.15, 0.2) is 0 Å². The SMILES string of the molecule is CC(C(=O)NC(CCC(=O)O)C(=O)O)C1CC1. The Morgan fingerprint density at radius 1 is 1.29 bits per heavy atom. The monoisotopic (exact) mass is 243 g/mol. The molecule has 96 valence electrons. The Balaban J connectivity index is 2.44. The molecule has 0 spiro atoms. The molecule has 6 heteroatoms. The number of carbonyl (C=O) groups excluding carboxylic acids is 1. The third-order valence-electron chi connectivity index (χ3n) is 3.00. The third kappa shape index (κ3) is 4.42. The largest absolute Gasteiger partial charge is 0.481 e. The predicted molar refractivity (Wildman–Crippen MR) is 58.3 cm³/mol. The van der Waals surface area contributed by atoms with Crippen LogP contribution in [-0.4, -0.2) is 34.1 Å². The summed E-state index contributed by atoms with van der Waals surface area (Å²) in [5.41, 5.74) is 0. The molecule has 1 saturated carbocycles. The molecule has 2 unspecified atom stereocenters. The number of nitrogens with one attached hydrogen (secondary N) is 1. The van der Waals surface area contributed by atoms with Gasteiger partial charge in [0, 0.05) is 12.3 Å². The van der Waals surface area contributed by atoms with Crippen LogP contribution in [0.25, 0.3) is 0 Å². The first-order valence-corrected chi connectivity index (χ1v) is 5.66. The predicted octanol–water partition coefficient (Wildman–Crippen LogP) is 0.467. The lowest BCUT2D eigenvalue weighted by molar-refractivity contribution is -0.143. The van der Waals surface area contributed by atoms with Gasteiger partial charge in [0.25, 0.3) is 0 Å². The van der Waals surface area contributed by atoms with Crippen LogP contribution in [0.3, 0.4) is 0 Å². The molecule has 0 aromatic rings. The molecule has 1 fully saturated rings. The molecule has 2 atom stereocenters. The van der Waals surface area contributed by atoms with E-state index in [1.807, 2.05) is 0 Å². The summed E-state index contributed by atoms with van der Waals surface area (Å²) in [6.45, 7) is 1.77. The lowest BCUT2D eigenvalue weighted by Crippen LogP contribution is -2.43. The first-order valence-electron chi connectivity index (χ1n) is 5.66. The van der Waals surface area contributed by atoms with Crippen LogP contribution in [0, 0.1) is 11.8 Å². The Morgan fingerprint density at radius 2 is 1.88 bits per heavy atom. The number of rotatable bonds is 7. The minimum absolute atomic E-state index is 0.0895. The molecule has 6 nitrogen and oxygen atoms in total. The number of aliphatic carboxylic acids is 2. The van der Waals surface area contributed by atoms with Crippen molar-refractivity contribution in [3.63, 3.8) is 0 Å². The molecule has 0 bridgehead atoms. The highest BCUT2D eigenvalue weighted by molar-refractivity contribution is 5.85. The molecule has 1 aliphatic rings. The average Bonchev–Trinajstić information content (AvgIpc) is 3.05. The second kappa shape index (κ2) is 5.65. The molecule has 0 aromatic heterocycles. The van der Waals surface area contributed by atoms with Crippen molar-refractivity contribution in [3.8, 4) is 0 Å². The van der Waals surface area contributed by atoms with Crippen molar-refractivity contribution in [3.05, 3.63) is 0 Å². The van der Waals surface area contributed by atoms with Crippen molar-refractivity contribution in [2.24, 2.45) is 11.8 Å². The zero-order valence-electron chi connectivity index (χ0n) is 9.68. The molecular weight excluding hydrogens is 226 g/mol. The van der Waals surface area contributed by atoms with Gasteiger partial charge < -0.3 is 15.5 Å². The van der Waals surface area contributed by atoms with E-state index in [1.54, 1.807) is 6.92 Å². The van der Waals surface area contributed by atoms with Gasteiger partial charge in [-0.2, -0.15) is 0 Å². The van der Waals surface area contributed by atoms with Gasteiger partial charge >= 0.3 is 11.9 Å². The topological polar surface area (TPSA) is 104 Å². The molecule has 0 radical (unpaired) electrons. The van der Waals surface area contributed by atoms with Crippen LogP contribution in [0.4, 0.5) is 0 Å². The van der Waals surface area contributed by atoms with Gasteiger partial charge in [-0.05, 0) is 25.2 Å². The van der Waals surface area contributed by atoms with E-state index in [9.17, 15) is 14.4 Å². The molecule has 17 heavy (non-hydrogen) atoms. The number of amides is 1. The zero-order valence-corrected chi connectivity index (χ0v) is 9.68. The quantitative estimate of drug-likeness (QED) is 0.603. The van der Waals surface area contributed by atoms with E-state index in [-0.39, 0.29) is 24.7 Å². The molecule has 0 saturated heterocycles. The number of hydrogen-bond donors (Lipinski definition) is 3. The molecule has 0 aromatic carbocycles. The summed E-state index contributed by atoms with van der Waals surface area (Å²) in [5, 5.41) is 19.7. The number of hydrogen-bond acceptors (Lipinski definition) is 3. The molecule has 1 amide bonds. The smallest absolute Gasteiger partial charge is 0.326 e. The fourth-order valence-corrected chi connectivity index (χ4v) is 1.64. The fraction of sp³-hybridized carbons (Fsp3) is 0.727. The maximum absolute atomic E-state index is 11.7. The van der Waals surface area contributed by atoms with Gasteiger partial charge in [-0.3, -0.25) is 9.59 Å². The summed E-state index contributed by atoms with van der Waals surface area (Å²) in [6, 6.07) is -1.11. The van der Waals surface area contributed by atoms with Gasteiger partial charge in [-0.1, -0.05) is 6.92 Å². The van der Waals surface area contributed by atoms with Crippen LogP contribution < -0.4 is 5.32 Å². The lowest BCUT2D eigenvalue weighted by Gasteiger charge is -2.16. The van der Waals surface area contributed by atoms with Crippen LogP contribution in [0.1, 0.15) is 32.6 Å². The van der Waals surface area contributed by atoms with Gasteiger partial charge in [0.05, 0.1) is 0 Å². The van der Waals surface area contributed by atoms with Gasteiger partial charge in [0.15, 0.2) is 0 Å². The highest BCUT2D eigenvalue weighted by Crippen LogP contribution is 2.36. The Kier molecular flexibility index (Phi) is 4.48. The summed E-state index contributed by atoms with van der Waals surface area (Å²) in [6.07, 6.45) is 1.64. The van der Waals surface area contributed by atoms with E-state index in [4.69, 9.17) is 10.2 Å². The Labute approximate surface area is 99.0 Å². The maximum Gasteiger partial charge on any atom is 0.326 e. The Hall–Kier alpha value is -1.59. The van der Waals surface area contributed by atoms with E-state index in [2.05, 4.69) is 5.32 Å². The standard InChI is InChI=1S/C11H17NO5/c1-6(7-2-3-7)10(15)12-8(11(16)17)4-5-9(13)14/h6-8H,2-5H2,1H3,(H,12,15)(H,13,14)(H,16,17). The van der Waals surface area contributed by atoms with E-state index in [1.165, 1.54) is 0 Å². The van der Waals surface area contributed by atoms with Gasteiger partial charge in [-0.25, -0.2) is 4.79 Å².